The Hall–Kier alpha value is -2.00. The minimum atomic E-state index is -1.40. The number of aromatic nitrogens is 2. The van der Waals surface area contributed by atoms with E-state index in [0.717, 1.165) is 6.42 Å². The van der Waals surface area contributed by atoms with Crippen molar-refractivity contribution in [1.29, 1.82) is 0 Å². The van der Waals surface area contributed by atoms with Gasteiger partial charge in [0.2, 0.25) is 11.8 Å². The van der Waals surface area contributed by atoms with Crippen molar-refractivity contribution < 1.29 is 15.1 Å². The van der Waals surface area contributed by atoms with Crippen LogP contribution in [0.5, 0.6) is 0 Å². The Kier molecular flexibility index (Phi) is 5.79. The Labute approximate surface area is 122 Å². The number of nitrogens with zero attached hydrogens (tertiary/aromatic N) is 3. The highest BCUT2D eigenvalue weighted by molar-refractivity contribution is 5.60. The highest BCUT2D eigenvalue weighted by Crippen LogP contribution is 2.26. The lowest BCUT2D eigenvalue weighted by molar-refractivity contribution is -0.385. The zero-order valence-electron chi connectivity index (χ0n) is 12.4. The molecule has 0 saturated carbocycles. The molecule has 0 bridgehead atoms. The average Bonchev–Trinajstić information content (AvgIpc) is 2.42. The van der Waals surface area contributed by atoms with Gasteiger partial charge in [-0.05, 0) is 20.3 Å². The molecule has 1 atom stereocenters. The van der Waals surface area contributed by atoms with E-state index in [9.17, 15) is 15.2 Å². The van der Waals surface area contributed by atoms with Crippen molar-refractivity contribution in [3.8, 4) is 0 Å². The van der Waals surface area contributed by atoms with E-state index in [1.807, 2.05) is 6.92 Å². The number of hydrogen-bond donors (Lipinski definition) is 4. The van der Waals surface area contributed by atoms with Crippen LogP contribution in [0.3, 0.4) is 0 Å². The summed E-state index contributed by atoms with van der Waals surface area (Å²) in [6.45, 7) is 5.00. The van der Waals surface area contributed by atoms with E-state index in [1.54, 1.807) is 0 Å². The maximum absolute atomic E-state index is 11.1. The second-order valence-corrected chi connectivity index (χ2v) is 5.02. The first kappa shape index (κ1) is 17.1. The molecule has 118 valence electrons. The predicted octanol–water partition coefficient (Wildman–Crippen LogP) is 0.670. The minimum absolute atomic E-state index is 0.0137. The monoisotopic (exact) mass is 299 g/mol. The maximum Gasteiger partial charge on any atom is 0.332 e. The quantitative estimate of drug-likeness (QED) is 0.406. The van der Waals surface area contributed by atoms with Gasteiger partial charge in [0.15, 0.2) is 0 Å². The maximum atomic E-state index is 11.1. The fourth-order valence-corrected chi connectivity index (χ4v) is 1.55. The SMILES string of the molecule is CCCNc1nc(C)c([N+](=O)[O-])c(NCC(C)(O)CO)n1. The highest BCUT2D eigenvalue weighted by Gasteiger charge is 2.25. The molecule has 1 aromatic heterocycles. The van der Waals surface area contributed by atoms with Gasteiger partial charge >= 0.3 is 5.69 Å². The van der Waals surface area contributed by atoms with Gasteiger partial charge in [-0.15, -0.1) is 0 Å². The van der Waals surface area contributed by atoms with Crippen molar-refractivity contribution in [2.75, 3.05) is 30.3 Å². The molecule has 0 spiro atoms. The van der Waals surface area contributed by atoms with Crippen molar-refractivity contribution in [1.82, 2.24) is 9.97 Å². The van der Waals surface area contributed by atoms with Crippen LogP contribution >= 0.6 is 0 Å². The van der Waals surface area contributed by atoms with Gasteiger partial charge in [-0.2, -0.15) is 4.98 Å². The third-order valence-corrected chi connectivity index (χ3v) is 2.75. The van der Waals surface area contributed by atoms with E-state index in [-0.39, 0.29) is 29.7 Å². The number of hydrogen-bond acceptors (Lipinski definition) is 8. The smallest absolute Gasteiger partial charge is 0.332 e. The molecule has 0 amide bonds. The summed E-state index contributed by atoms with van der Waals surface area (Å²) in [7, 11) is 0. The second kappa shape index (κ2) is 7.14. The van der Waals surface area contributed by atoms with Crippen molar-refractivity contribution in [3.05, 3.63) is 15.8 Å². The summed E-state index contributed by atoms with van der Waals surface area (Å²) in [5.41, 5.74) is -1.42. The lowest BCUT2D eigenvalue weighted by Crippen LogP contribution is -2.37. The summed E-state index contributed by atoms with van der Waals surface area (Å²) in [5.74, 6) is 0.297. The molecule has 0 saturated heterocycles. The van der Waals surface area contributed by atoms with Crippen LogP contribution in [0, 0.1) is 17.0 Å². The van der Waals surface area contributed by atoms with Gasteiger partial charge in [-0.3, -0.25) is 10.1 Å². The summed E-state index contributed by atoms with van der Waals surface area (Å²) in [4.78, 5) is 18.6. The molecular weight excluding hydrogens is 278 g/mol. The number of nitro groups is 1. The first-order chi connectivity index (χ1) is 9.80. The number of aliphatic hydroxyl groups is 2. The van der Waals surface area contributed by atoms with E-state index in [2.05, 4.69) is 20.6 Å². The number of rotatable bonds is 8. The summed E-state index contributed by atoms with van der Waals surface area (Å²) in [6, 6.07) is 0. The van der Waals surface area contributed by atoms with Gasteiger partial charge in [-0.25, -0.2) is 4.98 Å². The van der Waals surface area contributed by atoms with Crippen molar-refractivity contribution in [2.24, 2.45) is 0 Å². The van der Waals surface area contributed by atoms with E-state index in [0.29, 0.717) is 6.54 Å². The van der Waals surface area contributed by atoms with Gasteiger partial charge < -0.3 is 20.8 Å². The van der Waals surface area contributed by atoms with Crippen LogP contribution in [-0.4, -0.2) is 50.4 Å². The number of aliphatic hydroxyl groups excluding tert-OH is 1. The molecule has 0 aliphatic rings. The molecular formula is C12H21N5O4. The molecule has 1 unspecified atom stereocenters. The Morgan fingerprint density at radius 1 is 1.38 bits per heavy atom. The third kappa shape index (κ3) is 4.80. The van der Waals surface area contributed by atoms with Gasteiger partial charge in [-0.1, -0.05) is 6.92 Å². The van der Waals surface area contributed by atoms with Gasteiger partial charge in [0.05, 0.1) is 11.5 Å². The van der Waals surface area contributed by atoms with Gasteiger partial charge in [0.25, 0.3) is 0 Å². The summed E-state index contributed by atoms with van der Waals surface area (Å²) >= 11 is 0. The molecule has 0 radical (unpaired) electrons. The molecule has 21 heavy (non-hydrogen) atoms. The fraction of sp³-hybridized carbons (Fsp3) is 0.667. The molecule has 1 heterocycles. The lowest BCUT2D eigenvalue weighted by Gasteiger charge is -2.21. The van der Waals surface area contributed by atoms with Crippen molar-refractivity contribution >= 4 is 17.5 Å². The summed E-state index contributed by atoms with van der Waals surface area (Å²) in [5, 5.41) is 35.5. The Morgan fingerprint density at radius 3 is 2.57 bits per heavy atom. The average molecular weight is 299 g/mol. The van der Waals surface area contributed by atoms with Crippen LogP contribution < -0.4 is 10.6 Å². The number of nitrogens with one attached hydrogen (secondary N) is 2. The topological polar surface area (TPSA) is 133 Å². The minimum Gasteiger partial charge on any atom is -0.393 e. The molecule has 9 heteroatoms. The Morgan fingerprint density at radius 2 is 2.05 bits per heavy atom. The van der Waals surface area contributed by atoms with Crippen LogP contribution in [-0.2, 0) is 0 Å². The molecule has 0 aliphatic heterocycles. The summed E-state index contributed by atoms with van der Waals surface area (Å²) in [6.07, 6.45) is 0.862. The normalized spacial score (nSPS) is 13.6. The van der Waals surface area contributed by atoms with Crippen LogP contribution in [0.1, 0.15) is 26.0 Å². The molecule has 0 aromatic carbocycles. The van der Waals surface area contributed by atoms with Crippen molar-refractivity contribution in [3.63, 3.8) is 0 Å². The summed E-state index contributed by atoms with van der Waals surface area (Å²) < 4.78 is 0. The van der Waals surface area contributed by atoms with E-state index in [4.69, 9.17) is 5.11 Å². The lowest BCUT2D eigenvalue weighted by atomic mass is 10.1. The third-order valence-electron chi connectivity index (χ3n) is 2.75. The molecule has 9 nitrogen and oxygen atoms in total. The largest absolute Gasteiger partial charge is 0.393 e. The molecule has 0 fully saturated rings. The van der Waals surface area contributed by atoms with E-state index in [1.165, 1.54) is 13.8 Å². The van der Waals surface area contributed by atoms with Gasteiger partial charge in [0, 0.05) is 13.1 Å². The van der Waals surface area contributed by atoms with Crippen molar-refractivity contribution in [2.45, 2.75) is 32.8 Å². The molecule has 0 aliphatic carbocycles. The molecule has 4 N–H and O–H groups in total. The standard InChI is InChI=1S/C12H21N5O4/c1-4-5-13-11-15-8(2)9(17(20)21)10(16-11)14-6-12(3,19)7-18/h18-19H,4-7H2,1-3H3,(H2,13,14,15,16). The first-order valence-corrected chi connectivity index (χ1v) is 6.64. The van der Waals surface area contributed by atoms with Crippen LogP contribution in [0.25, 0.3) is 0 Å². The fourth-order valence-electron chi connectivity index (χ4n) is 1.55. The van der Waals surface area contributed by atoms with E-state index < -0.39 is 17.1 Å². The number of anilines is 2. The Bertz CT molecular complexity index is 507. The zero-order valence-corrected chi connectivity index (χ0v) is 12.4. The van der Waals surface area contributed by atoms with Gasteiger partial charge in [0.1, 0.15) is 11.3 Å². The number of aryl methyl sites for hydroxylation is 1. The van der Waals surface area contributed by atoms with E-state index >= 15 is 0 Å². The molecule has 1 rings (SSSR count). The van der Waals surface area contributed by atoms with Crippen LogP contribution in [0.2, 0.25) is 0 Å². The van der Waals surface area contributed by atoms with Crippen LogP contribution in [0.15, 0.2) is 0 Å². The second-order valence-electron chi connectivity index (χ2n) is 5.02. The molecule has 1 aromatic rings. The Balaban J connectivity index is 3.07. The zero-order chi connectivity index (χ0) is 16.0. The first-order valence-electron chi connectivity index (χ1n) is 6.64. The van der Waals surface area contributed by atoms with Crippen LogP contribution in [0.4, 0.5) is 17.5 Å². The predicted molar refractivity (Wildman–Crippen MR) is 78.4 cm³/mol. The highest BCUT2D eigenvalue weighted by atomic mass is 16.6.